The predicted octanol–water partition coefficient (Wildman–Crippen LogP) is 4.23. The van der Waals surface area contributed by atoms with Crippen LogP contribution < -0.4 is 14.8 Å². The molecular formula is C22H25NO5. The standard InChI is InChI=1S/C22H25NO5/c1-5-12-28-19-10-7-16(13-20(19)26-3)8-11-21(24)23-18-14-17(22(25)27-4)9-6-15(18)2/h6-11,13-14H,5,12H2,1-4H3,(H,23,24)/b11-8+. The van der Waals surface area contributed by atoms with E-state index in [1.54, 1.807) is 37.5 Å². The van der Waals surface area contributed by atoms with Gasteiger partial charge in [0.15, 0.2) is 11.5 Å². The van der Waals surface area contributed by atoms with E-state index in [1.165, 1.54) is 13.2 Å². The summed E-state index contributed by atoms with van der Waals surface area (Å²) in [4.78, 5) is 23.9. The van der Waals surface area contributed by atoms with E-state index in [9.17, 15) is 9.59 Å². The zero-order chi connectivity index (χ0) is 20.5. The summed E-state index contributed by atoms with van der Waals surface area (Å²) in [7, 11) is 2.89. The predicted molar refractivity (Wildman–Crippen MR) is 109 cm³/mol. The number of carbonyl (C=O) groups excluding carboxylic acids is 2. The number of anilines is 1. The number of aryl methyl sites for hydroxylation is 1. The summed E-state index contributed by atoms with van der Waals surface area (Å²) >= 11 is 0. The Morgan fingerprint density at radius 1 is 1.07 bits per heavy atom. The first-order valence-electron chi connectivity index (χ1n) is 8.97. The van der Waals surface area contributed by atoms with Gasteiger partial charge < -0.3 is 19.5 Å². The van der Waals surface area contributed by atoms with Crippen LogP contribution in [-0.4, -0.2) is 32.7 Å². The van der Waals surface area contributed by atoms with Crippen LogP contribution in [0.3, 0.4) is 0 Å². The second-order valence-corrected chi connectivity index (χ2v) is 6.10. The van der Waals surface area contributed by atoms with E-state index in [2.05, 4.69) is 5.32 Å². The summed E-state index contributed by atoms with van der Waals surface area (Å²) in [5.74, 6) is 0.512. The van der Waals surface area contributed by atoms with Gasteiger partial charge in [-0.1, -0.05) is 19.1 Å². The van der Waals surface area contributed by atoms with Crippen LogP contribution in [0, 0.1) is 6.92 Å². The number of ether oxygens (including phenoxy) is 3. The fraction of sp³-hybridized carbons (Fsp3) is 0.273. The molecule has 0 fully saturated rings. The van der Waals surface area contributed by atoms with Crippen molar-refractivity contribution in [1.82, 2.24) is 0 Å². The number of amides is 1. The van der Waals surface area contributed by atoms with Gasteiger partial charge in [-0.3, -0.25) is 4.79 Å². The highest BCUT2D eigenvalue weighted by atomic mass is 16.5. The Labute approximate surface area is 165 Å². The van der Waals surface area contributed by atoms with E-state index in [1.807, 2.05) is 26.0 Å². The number of methoxy groups -OCH3 is 2. The minimum atomic E-state index is -0.455. The molecule has 0 aliphatic heterocycles. The third-order valence-corrected chi connectivity index (χ3v) is 3.99. The van der Waals surface area contributed by atoms with E-state index in [-0.39, 0.29) is 5.91 Å². The lowest BCUT2D eigenvalue weighted by molar-refractivity contribution is -0.111. The molecule has 6 heteroatoms. The lowest BCUT2D eigenvalue weighted by atomic mass is 10.1. The SMILES string of the molecule is CCCOc1ccc(/C=C/C(=O)Nc2cc(C(=O)OC)ccc2C)cc1OC. The Balaban J connectivity index is 2.10. The van der Waals surface area contributed by atoms with Crippen LogP contribution in [-0.2, 0) is 9.53 Å². The molecule has 0 unspecified atom stereocenters. The molecule has 0 bridgehead atoms. The second kappa shape index (κ2) is 10.2. The van der Waals surface area contributed by atoms with Crippen molar-refractivity contribution in [2.45, 2.75) is 20.3 Å². The lowest BCUT2D eigenvalue weighted by Crippen LogP contribution is -2.10. The summed E-state index contributed by atoms with van der Waals surface area (Å²) in [5, 5.41) is 2.78. The Bertz CT molecular complexity index is 873. The summed E-state index contributed by atoms with van der Waals surface area (Å²) in [6.45, 7) is 4.49. The molecule has 0 atom stereocenters. The molecule has 0 aliphatic carbocycles. The first-order valence-corrected chi connectivity index (χ1v) is 8.97. The van der Waals surface area contributed by atoms with Crippen molar-refractivity contribution in [1.29, 1.82) is 0 Å². The smallest absolute Gasteiger partial charge is 0.337 e. The van der Waals surface area contributed by atoms with Crippen LogP contribution in [0.2, 0.25) is 0 Å². The lowest BCUT2D eigenvalue weighted by Gasteiger charge is -2.10. The van der Waals surface area contributed by atoms with Crippen LogP contribution >= 0.6 is 0 Å². The van der Waals surface area contributed by atoms with Gasteiger partial charge in [-0.15, -0.1) is 0 Å². The van der Waals surface area contributed by atoms with E-state index < -0.39 is 5.97 Å². The zero-order valence-electron chi connectivity index (χ0n) is 16.6. The molecule has 0 aromatic heterocycles. The average molecular weight is 383 g/mol. The Morgan fingerprint density at radius 2 is 1.86 bits per heavy atom. The first-order chi connectivity index (χ1) is 13.5. The van der Waals surface area contributed by atoms with Crippen LogP contribution in [0.1, 0.15) is 34.8 Å². The van der Waals surface area contributed by atoms with E-state index >= 15 is 0 Å². The highest BCUT2D eigenvalue weighted by Crippen LogP contribution is 2.28. The summed E-state index contributed by atoms with van der Waals surface area (Å²) < 4.78 is 15.7. The monoisotopic (exact) mass is 383 g/mol. The molecule has 2 rings (SSSR count). The molecular weight excluding hydrogens is 358 g/mol. The number of carbonyl (C=O) groups is 2. The Kier molecular flexibility index (Phi) is 7.63. The Morgan fingerprint density at radius 3 is 2.54 bits per heavy atom. The van der Waals surface area contributed by atoms with Crippen LogP contribution in [0.25, 0.3) is 6.08 Å². The van der Waals surface area contributed by atoms with Crippen LogP contribution in [0.15, 0.2) is 42.5 Å². The molecule has 2 aromatic rings. The molecule has 28 heavy (non-hydrogen) atoms. The van der Waals surface area contributed by atoms with Crippen molar-refractivity contribution in [3.05, 3.63) is 59.2 Å². The molecule has 6 nitrogen and oxygen atoms in total. The minimum absolute atomic E-state index is 0.310. The molecule has 1 amide bonds. The van der Waals surface area contributed by atoms with Crippen molar-refractivity contribution >= 4 is 23.6 Å². The van der Waals surface area contributed by atoms with E-state index in [0.29, 0.717) is 29.4 Å². The minimum Gasteiger partial charge on any atom is -0.493 e. The van der Waals surface area contributed by atoms with Gasteiger partial charge >= 0.3 is 5.97 Å². The quantitative estimate of drug-likeness (QED) is 0.545. The summed E-state index contributed by atoms with van der Waals surface area (Å²) in [6.07, 6.45) is 4.01. The highest BCUT2D eigenvalue weighted by Gasteiger charge is 2.09. The summed E-state index contributed by atoms with van der Waals surface area (Å²) in [5.41, 5.74) is 2.57. The number of benzene rings is 2. The number of rotatable bonds is 8. The third kappa shape index (κ3) is 5.61. The Hall–Kier alpha value is -3.28. The van der Waals surface area contributed by atoms with Crippen molar-refractivity contribution in [3.63, 3.8) is 0 Å². The number of nitrogens with one attached hydrogen (secondary N) is 1. The van der Waals surface area contributed by atoms with E-state index in [0.717, 1.165) is 17.5 Å². The molecule has 2 aromatic carbocycles. The number of hydrogen-bond acceptors (Lipinski definition) is 5. The average Bonchev–Trinajstić information content (AvgIpc) is 2.71. The highest BCUT2D eigenvalue weighted by molar-refractivity contribution is 6.03. The fourth-order valence-electron chi connectivity index (χ4n) is 2.47. The fourth-order valence-corrected chi connectivity index (χ4v) is 2.47. The van der Waals surface area contributed by atoms with Gasteiger partial charge in [0.05, 0.1) is 26.4 Å². The van der Waals surface area contributed by atoms with Crippen molar-refractivity contribution in [2.75, 3.05) is 26.1 Å². The second-order valence-electron chi connectivity index (χ2n) is 6.10. The van der Waals surface area contributed by atoms with Crippen LogP contribution in [0.4, 0.5) is 5.69 Å². The molecule has 0 saturated carbocycles. The molecule has 0 radical (unpaired) electrons. The molecule has 0 saturated heterocycles. The molecule has 1 N–H and O–H groups in total. The summed E-state index contributed by atoms with van der Waals surface area (Å²) in [6, 6.07) is 10.5. The third-order valence-electron chi connectivity index (χ3n) is 3.99. The van der Waals surface area contributed by atoms with Gasteiger partial charge in [0.2, 0.25) is 5.91 Å². The molecule has 148 valence electrons. The van der Waals surface area contributed by atoms with Gasteiger partial charge in [-0.2, -0.15) is 0 Å². The number of hydrogen-bond donors (Lipinski definition) is 1. The molecule has 0 spiro atoms. The van der Waals surface area contributed by atoms with Crippen LogP contribution in [0.5, 0.6) is 11.5 Å². The van der Waals surface area contributed by atoms with Gasteiger partial charge in [0.1, 0.15) is 0 Å². The van der Waals surface area contributed by atoms with Crippen molar-refractivity contribution in [2.24, 2.45) is 0 Å². The van der Waals surface area contributed by atoms with Crippen molar-refractivity contribution in [3.8, 4) is 11.5 Å². The van der Waals surface area contributed by atoms with Gasteiger partial charge in [-0.05, 0) is 54.8 Å². The molecule has 0 heterocycles. The topological polar surface area (TPSA) is 73.9 Å². The van der Waals surface area contributed by atoms with Crippen molar-refractivity contribution < 1.29 is 23.8 Å². The number of esters is 1. The zero-order valence-corrected chi connectivity index (χ0v) is 16.6. The van der Waals surface area contributed by atoms with Gasteiger partial charge in [0, 0.05) is 11.8 Å². The maximum atomic E-state index is 12.3. The van der Waals surface area contributed by atoms with Gasteiger partial charge in [-0.25, -0.2) is 4.79 Å². The largest absolute Gasteiger partial charge is 0.493 e. The first kappa shape index (κ1) is 21.0. The maximum absolute atomic E-state index is 12.3. The van der Waals surface area contributed by atoms with E-state index in [4.69, 9.17) is 14.2 Å². The van der Waals surface area contributed by atoms with Gasteiger partial charge in [0.25, 0.3) is 0 Å². The normalized spacial score (nSPS) is 10.6. The maximum Gasteiger partial charge on any atom is 0.337 e. The molecule has 0 aliphatic rings.